The minimum atomic E-state index is -0.884. The van der Waals surface area contributed by atoms with Crippen LogP contribution in [0.3, 0.4) is 0 Å². The van der Waals surface area contributed by atoms with Gasteiger partial charge < -0.3 is 29.6 Å². The molecule has 2 N–H and O–H groups in total. The van der Waals surface area contributed by atoms with Gasteiger partial charge in [-0.15, -0.1) is 0 Å². The van der Waals surface area contributed by atoms with Crippen LogP contribution < -0.4 is 20.1 Å². The van der Waals surface area contributed by atoms with Crippen LogP contribution in [-0.2, 0) is 19.1 Å². The zero-order valence-electron chi connectivity index (χ0n) is 26.9. The number of carbonyl (C=O) groups excluding carboxylic acids is 4. The fraction of sp³-hybridized carbons (Fsp3) is 0.471. The Morgan fingerprint density at radius 3 is 2.11 bits per heavy atom. The van der Waals surface area contributed by atoms with E-state index in [2.05, 4.69) is 10.6 Å². The number of carbonyl (C=O) groups is 4. The molecular formula is C34H46N2O8. The maximum atomic E-state index is 12.9. The molecule has 0 spiro atoms. The van der Waals surface area contributed by atoms with Crippen molar-refractivity contribution in [3.05, 3.63) is 59.7 Å². The van der Waals surface area contributed by atoms with E-state index < -0.39 is 22.8 Å². The van der Waals surface area contributed by atoms with Crippen molar-refractivity contribution in [2.75, 3.05) is 39.3 Å². The zero-order valence-corrected chi connectivity index (χ0v) is 26.9. The third-order valence-electron chi connectivity index (χ3n) is 7.27. The monoisotopic (exact) mass is 610 g/mol. The van der Waals surface area contributed by atoms with E-state index in [1.54, 1.807) is 77.5 Å². The normalized spacial score (nSPS) is 12.6. The Hall–Kier alpha value is -4.34. The van der Waals surface area contributed by atoms with E-state index in [4.69, 9.17) is 18.9 Å². The van der Waals surface area contributed by atoms with Gasteiger partial charge in [-0.2, -0.15) is 0 Å². The molecule has 0 aliphatic rings. The smallest absolute Gasteiger partial charge is 0.319 e. The quantitative estimate of drug-likeness (QED) is 0.0906. The van der Waals surface area contributed by atoms with Crippen LogP contribution in [0.1, 0.15) is 76.2 Å². The van der Waals surface area contributed by atoms with E-state index in [0.717, 1.165) is 18.4 Å². The number of ketones is 1. The van der Waals surface area contributed by atoms with Gasteiger partial charge in [0.1, 0.15) is 6.61 Å². The molecule has 0 heterocycles. The lowest BCUT2D eigenvalue weighted by atomic mass is 9.72. The summed E-state index contributed by atoms with van der Waals surface area (Å²) < 4.78 is 21.3. The number of hydrogen-bond acceptors (Lipinski definition) is 8. The Balaban J connectivity index is 1.82. The Labute approximate surface area is 260 Å². The van der Waals surface area contributed by atoms with Gasteiger partial charge in [-0.05, 0) is 88.1 Å². The second-order valence-corrected chi connectivity index (χ2v) is 11.4. The van der Waals surface area contributed by atoms with Crippen LogP contribution in [0.25, 0.3) is 6.08 Å². The van der Waals surface area contributed by atoms with E-state index in [0.29, 0.717) is 35.8 Å². The summed E-state index contributed by atoms with van der Waals surface area (Å²) in [4.78, 5) is 50.4. The fourth-order valence-electron chi connectivity index (χ4n) is 4.49. The predicted molar refractivity (Wildman–Crippen MR) is 170 cm³/mol. The summed E-state index contributed by atoms with van der Waals surface area (Å²) in [5.74, 6) is 0.195. The topological polar surface area (TPSA) is 129 Å². The van der Waals surface area contributed by atoms with Crippen LogP contribution in [0.2, 0.25) is 0 Å². The number of methoxy groups -OCH3 is 2. The first kappa shape index (κ1) is 35.9. The molecular weight excluding hydrogens is 564 g/mol. The van der Waals surface area contributed by atoms with Gasteiger partial charge >= 0.3 is 18.0 Å². The number of unbranched alkanes of at least 4 members (excludes halogenated alkanes) is 1. The molecule has 10 nitrogen and oxygen atoms in total. The van der Waals surface area contributed by atoms with E-state index in [1.807, 2.05) is 19.9 Å². The molecule has 2 aromatic rings. The van der Waals surface area contributed by atoms with Crippen LogP contribution >= 0.6 is 0 Å². The molecule has 2 amide bonds. The Bertz CT molecular complexity index is 1300. The maximum Gasteiger partial charge on any atom is 0.319 e. The number of nitrogens with one attached hydrogen (secondary N) is 2. The van der Waals surface area contributed by atoms with Crippen molar-refractivity contribution in [2.45, 2.75) is 60.3 Å². The van der Waals surface area contributed by atoms with Crippen molar-refractivity contribution in [3.63, 3.8) is 0 Å². The third kappa shape index (κ3) is 10.7. The number of esters is 2. The molecule has 0 aromatic heterocycles. The van der Waals surface area contributed by atoms with Gasteiger partial charge in [0.15, 0.2) is 17.3 Å². The molecule has 44 heavy (non-hydrogen) atoms. The highest BCUT2D eigenvalue weighted by atomic mass is 16.5. The lowest BCUT2D eigenvalue weighted by Crippen LogP contribution is -2.39. The molecule has 0 saturated carbocycles. The van der Waals surface area contributed by atoms with Crippen LogP contribution in [0.4, 0.5) is 10.5 Å². The second-order valence-electron chi connectivity index (χ2n) is 11.4. The van der Waals surface area contributed by atoms with Gasteiger partial charge in [0.2, 0.25) is 0 Å². The summed E-state index contributed by atoms with van der Waals surface area (Å²) in [6, 6.07) is 11.3. The largest absolute Gasteiger partial charge is 0.493 e. The zero-order chi connectivity index (χ0) is 32.8. The molecule has 0 saturated heterocycles. The first-order valence-electron chi connectivity index (χ1n) is 14.8. The van der Waals surface area contributed by atoms with Crippen LogP contribution in [0.5, 0.6) is 11.5 Å². The minimum Gasteiger partial charge on any atom is -0.493 e. The van der Waals surface area contributed by atoms with Gasteiger partial charge in [-0.1, -0.05) is 32.4 Å². The molecule has 1 atom stereocenters. The molecule has 1 unspecified atom stereocenters. The number of allylic oxidation sites excluding steroid dienone is 1. The van der Waals surface area contributed by atoms with E-state index >= 15 is 0 Å². The van der Waals surface area contributed by atoms with Gasteiger partial charge in [-0.3, -0.25) is 14.4 Å². The Kier molecular flexibility index (Phi) is 13.9. The first-order chi connectivity index (χ1) is 20.9. The van der Waals surface area contributed by atoms with Crippen molar-refractivity contribution in [3.8, 4) is 11.5 Å². The molecule has 240 valence electrons. The number of hydrogen-bond donors (Lipinski definition) is 2. The number of rotatable bonds is 17. The highest BCUT2D eigenvalue weighted by Crippen LogP contribution is 2.38. The first-order valence-corrected chi connectivity index (χ1v) is 14.8. The average molecular weight is 611 g/mol. The van der Waals surface area contributed by atoms with Gasteiger partial charge in [0.25, 0.3) is 0 Å². The third-order valence-corrected chi connectivity index (χ3v) is 7.27. The van der Waals surface area contributed by atoms with Gasteiger partial charge in [0, 0.05) is 11.3 Å². The average Bonchev–Trinajstić information content (AvgIpc) is 3.01. The van der Waals surface area contributed by atoms with E-state index in [1.165, 1.54) is 6.08 Å². The van der Waals surface area contributed by atoms with E-state index in [-0.39, 0.29) is 31.3 Å². The lowest BCUT2D eigenvalue weighted by Gasteiger charge is -2.33. The predicted octanol–water partition coefficient (Wildman–Crippen LogP) is 6.44. The van der Waals surface area contributed by atoms with E-state index in [9.17, 15) is 19.2 Å². The molecule has 0 aliphatic carbocycles. The molecule has 0 radical (unpaired) electrons. The van der Waals surface area contributed by atoms with Gasteiger partial charge in [0.05, 0.1) is 38.2 Å². The number of urea groups is 1. The molecule has 0 fully saturated rings. The van der Waals surface area contributed by atoms with Crippen molar-refractivity contribution < 1.29 is 38.1 Å². The fourth-order valence-corrected chi connectivity index (χ4v) is 4.49. The van der Waals surface area contributed by atoms with Crippen LogP contribution in [0.15, 0.2) is 48.5 Å². The highest BCUT2D eigenvalue weighted by molar-refractivity contribution is 6.07. The summed E-state index contributed by atoms with van der Waals surface area (Å²) >= 11 is 0. The van der Waals surface area contributed by atoms with Crippen molar-refractivity contribution >= 4 is 35.5 Å². The molecule has 2 aromatic carbocycles. The van der Waals surface area contributed by atoms with Crippen molar-refractivity contribution in [2.24, 2.45) is 10.8 Å². The summed E-state index contributed by atoms with van der Waals surface area (Å²) in [6.07, 6.45) is 5.62. The molecule has 10 heteroatoms. The number of ether oxygens (including phenoxy) is 4. The minimum absolute atomic E-state index is 0.0247. The molecule has 2 rings (SSSR count). The summed E-state index contributed by atoms with van der Waals surface area (Å²) in [6.45, 7) is 9.64. The van der Waals surface area contributed by atoms with Crippen LogP contribution in [0, 0.1) is 10.8 Å². The molecule has 0 aliphatic heterocycles. The standard InChI is InChI=1S/C34H46N2O8/c1-8-10-20-43-30(38)33(3,4)23-34(5,9-2)31(39)44-21-19-35-32(40)36-26-15-13-25(14-16-26)27(37)17-11-24-12-18-28(41-6)29(22-24)42-7/h11-18,22H,8-10,19-21,23H2,1-7H3,(H2,35,36,40)/b17-11+. The SMILES string of the molecule is CCCCOC(=O)C(C)(C)CC(C)(CC)C(=O)OCCNC(=O)Nc1ccc(C(=O)/C=C/c2ccc(OC)c(OC)c2)cc1. The van der Waals surface area contributed by atoms with Crippen molar-refractivity contribution in [1.82, 2.24) is 5.32 Å². The number of benzene rings is 2. The molecule has 0 bridgehead atoms. The Morgan fingerprint density at radius 2 is 1.50 bits per heavy atom. The van der Waals surface area contributed by atoms with Crippen LogP contribution in [-0.4, -0.2) is 57.7 Å². The summed E-state index contributed by atoms with van der Waals surface area (Å²) in [5.41, 5.74) is -0.00727. The van der Waals surface area contributed by atoms with Gasteiger partial charge in [-0.25, -0.2) is 4.79 Å². The Morgan fingerprint density at radius 1 is 0.841 bits per heavy atom. The maximum absolute atomic E-state index is 12.9. The number of amides is 2. The number of anilines is 1. The van der Waals surface area contributed by atoms with Crippen molar-refractivity contribution in [1.29, 1.82) is 0 Å². The highest BCUT2D eigenvalue weighted by Gasteiger charge is 2.42. The summed E-state index contributed by atoms with van der Waals surface area (Å²) in [5, 5.41) is 5.33. The lowest BCUT2D eigenvalue weighted by molar-refractivity contribution is -0.163. The summed E-state index contributed by atoms with van der Waals surface area (Å²) in [7, 11) is 3.10. The second kappa shape index (κ2) is 17.1.